The third kappa shape index (κ3) is 3.28. The van der Waals surface area contributed by atoms with Crippen LogP contribution in [0.15, 0.2) is 52.9 Å². The second-order valence-corrected chi connectivity index (χ2v) is 5.09. The highest BCUT2D eigenvalue weighted by Crippen LogP contribution is 2.19. The van der Waals surface area contributed by atoms with Crippen LogP contribution in [-0.2, 0) is 6.54 Å². The minimum atomic E-state index is 0.516. The van der Waals surface area contributed by atoms with Crippen molar-refractivity contribution in [2.45, 2.75) is 20.4 Å². The fourth-order valence-electron chi connectivity index (χ4n) is 2.07. The summed E-state index contributed by atoms with van der Waals surface area (Å²) >= 11 is 0. The first-order valence-corrected chi connectivity index (χ1v) is 6.91. The van der Waals surface area contributed by atoms with Crippen LogP contribution in [0.2, 0.25) is 0 Å². The Hall–Kier alpha value is -2.62. The van der Waals surface area contributed by atoms with E-state index >= 15 is 0 Å². The molecule has 0 saturated heterocycles. The average molecular weight is 279 g/mol. The van der Waals surface area contributed by atoms with E-state index in [4.69, 9.17) is 4.42 Å². The molecule has 1 aromatic heterocycles. The lowest BCUT2D eigenvalue weighted by Crippen LogP contribution is -1.99. The van der Waals surface area contributed by atoms with Crippen molar-refractivity contribution < 1.29 is 4.42 Å². The number of nitrogens with one attached hydrogen (secondary N) is 1. The number of anilines is 1. The van der Waals surface area contributed by atoms with Gasteiger partial charge in [-0.2, -0.15) is 0 Å². The monoisotopic (exact) mass is 279 g/mol. The molecule has 21 heavy (non-hydrogen) atoms. The van der Waals surface area contributed by atoms with Crippen molar-refractivity contribution in [1.29, 1.82) is 0 Å². The number of hydrogen-bond acceptors (Lipinski definition) is 4. The Morgan fingerprint density at radius 1 is 0.952 bits per heavy atom. The van der Waals surface area contributed by atoms with Crippen molar-refractivity contribution in [2.75, 3.05) is 5.32 Å². The minimum absolute atomic E-state index is 0.516. The molecular formula is C17H17N3O. The van der Waals surface area contributed by atoms with Gasteiger partial charge in [0.1, 0.15) is 0 Å². The van der Waals surface area contributed by atoms with Crippen molar-refractivity contribution in [1.82, 2.24) is 10.2 Å². The van der Waals surface area contributed by atoms with Crippen molar-refractivity contribution in [3.05, 3.63) is 65.5 Å². The van der Waals surface area contributed by atoms with E-state index in [1.807, 2.05) is 43.3 Å². The highest BCUT2D eigenvalue weighted by molar-refractivity contribution is 5.53. The summed E-state index contributed by atoms with van der Waals surface area (Å²) in [5, 5.41) is 11.4. The molecule has 0 aliphatic carbocycles. The van der Waals surface area contributed by atoms with Crippen LogP contribution in [0.4, 0.5) is 5.69 Å². The summed E-state index contributed by atoms with van der Waals surface area (Å²) < 4.78 is 5.69. The topological polar surface area (TPSA) is 51.0 Å². The van der Waals surface area contributed by atoms with Crippen LogP contribution in [0.25, 0.3) is 11.5 Å². The zero-order valence-electron chi connectivity index (χ0n) is 12.1. The standard InChI is InChI=1S/C17H17N3O/c1-12-6-8-15(9-7-12)18-11-16-19-20-17(21-16)14-5-3-4-13(2)10-14/h3-10,18H,11H2,1-2H3. The SMILES string of the molecule is Cc1ccc(NCc2nnc(-c3cccc(C)c3)o2)cc1. The van der Waals surface area contributed by atoms with E-state index in [1.54, 1.807) is 0 Å². The fourth-order valence-corrected chi connectivity index (χ4v) is 2.07. The maximum Gasteiger partial charge on any atom is 0.247 e. The Morgan fingerprint density at radius 2 is 1.76 bits per heavy atom. The maximum atomic E-state index is 5.69. The molecule has 2 aromatic carbocycles. The van der Waals surface area contributed by atoms with E-state index < -0.39 is 0 Å². The first kappa shape index (κ1) is 13.4. The van der Waals surface area contributed by atoms with Gasteiger partial charge < -0.3 is 9.73 Å². The van der Waals surface area contributed by atoms with Gasteiger partial charge in [0.15, 0.2) is 0 Å². The van der Waals surface area contributed by atoms with Gasteiger partial charge in [-0.1, -0.05) is 35.4 Å². The van der Waals surface area contributed by atoms with Gasteiger partial charge in [-0.3, -0.25) is 0 Å². The van der Waals surface area contributed by atoms with Crippen LogP contribution in [0.3, 0.4) is 0 Å². The molecule has 1 N–H and O–H groups in total. The molecule has 0 fully saturated rings. The summed E-state index contributed by atoms with van der Waals surface area (Å²) in [7, 11) is 0. The largest absolute Gasteiger partial charge is 0.419 e. The third-order valence-corrected chi connectivity index (χ3v) is 3.23. The highest BCUT2D eigenvalue weighted by Gasteiger charge is 2.08. The summed E-state index contributed by atoms with van der Waals surface area (Å²) in [5.41, 5.74) is 4.39. The molecule has 0 aliphatic rings. The first-order valence-electron chi connectivity index (χ1n) is 6.91. The van der Waals surface area contributed by atoms with Crippen LogP contribution in [-0.4, -0.2) is 10.2 Å². The molecule has 1 heterocycles. The van der Waals surface area contributed by atoms with Gasteiger partial charge in [-0.05, 0) is 38.1 Å². The number of nitrogens with zero attached hydrogens (tertiary/aromatic N) is 2. The minimum Gasteiger partial charge on any atom is -0.419 e. The molecule has 0 spiro atoms. The lowest BCUT2D eigenvalue weighted by atomic mass is 10.1. The first-order chi connectivity index (χ1) is 10.2. The van der Waals surface area contributed by atoms with Crippen molar-refractivity contribution in [2.24, 2.45) is 0 Å². The smallest absolute Gasteiger partial charge is 0.247 e. The molecule has 0 atom stereocenters. The van der Waals surface area contributed by atoms with E-state index in [2.05, 4.69) is 34.6 Å². The molecule has 0 unspecified atom stereocenters. The number of aromatic nitrogens is 2. The Bertz CT molecular complexity index is 732. The molecule has 4 heteroatoms. The zero-order valence-corrected chi connectivity index (χ0v) is 12.1. The van der Waals surface area contributed by atoms with Gasteiger partial charge >= 0.3 is 0 Å². The summed E-state index contributed by atoms with van der Waals surface area (Å²) in [6, 6.07) is 16.2. The van der Waals surface area contributed by atoms with Crippen LogP contribution >= 0.6 is 0 Å². The van der Waals surface area contributed by atoms with E-state index in [9.17, 15) is 0 Å². The normalized spacial score (nSPS) is 10.6. The molecule has 0 bridgehead atoms. The van der Waals surface area contributed by atoms with Crippen molar-refractivity contribution in [3.8, 4) is 11.5 Å². The number of rotatable bonds is 4. The van der Waals surface area contributed by atoms with Crippen LogP contribution < -0.4 is 5.32 Å². The molecule has 0 radical (unpaired) electrons. The lowest BCUT2D eigenvalue weighted by Gasteiger charge is -2.03. The van der Waals surface area contributed by atoms with Crippen LogP contribution in [0, 0.1) is 13.8 Å². The molecule has 3 aromatic rings. The lowest BCUT2D eigenvalue weighted by molar-refractivity contribution is 0.515. The Balaban J connectivity index is 1.69. The van der Waals surface area contributed by atoms with Crippen molar-refractivity contribution >= 4 is 5.69 Å². The molecule has 0 aliphatic heterocycles. The quantitative estimate of drug-likeness (QED) is 0.785. The van der Waals surface area contributed by atoms with E-state index in [0.717, 1.165) is 11.3 Å². The van der Waals surface area contributed by atoms with Gasteiger partial charge in [0.25, 0.3) is 0 Å². The second kappa shape index (κ2) is 5.79. The fraction of sp³-hybridized carbons (Fsp3) is 0.176. The van der Waals surface area contributed by atoms with Crippen molar-refractivity contribution in [3.63, 3.8) is 0 Å². The number of benzene rings is 2. The molecular weight excluding hydrogens is 262 g/mol. The zero-order chi connectivity index (χ0) is 14.7. The Kier molecular flexibility index (Phi) is 3.69. The Morgan fingerprint density at radius 3 is 2.52 bits per heavy atom. The van der Waals surface area contributed by atoms with Gasteiger partial charge in [0, 0.05) is 11.3 Å². The molecule has 106 valence electrons. The van der Waals surface area contributed by atoms with E-state index in [1.165, 1.54) is 11.1 Å². The second-order valence-electron chi connectivity index (χ2n) is 5.09. The average Bonchev–Trinajstić information content (AvgIpc) is 2.96. The predicted molar refractivity (Wildman–Crippen MR) is 83.0 cm³/mol. The summed E-state index contributed by atoms with van der Waals surface area (Å²) in [5.74, 6) is 1.13. The van der Waals surface area contributed by atoms with Gasteiger partial charge in [0.2, 0.25) is 11.8 Å². The number of aryl methyl sites for hydroxylation is 2. The van der Waals surface area contributed by atoms with Crippen LogP contribution in [0.1, 0.15) is 17.0 Å². The molecule has 0 saturated carbocycles. The van der Waals surface area contributed by atoms with Crippen LogP contribution in [0.5, 0.6) is 0 Å². The van der Waals surface area contributed by atoms with E-state index in [-0.39, 0.29) is 0 Å². The third-order valence-electron chi connectivity index (χ3n) is 3.23. The summed E-state index contributed by atoms with van der Waals surface area (Å²) in [6.07, 6.45) is 0. The molecule has 0 amide bonds. The van der Waals surface area contributed by atoms with E-state index in [0.29, 0.717) is 18.3 Å². The maximum absolute atomic E-state index is 5.69. The van der Waals surface area contributed by atoms with Gasteiger partial charge in [-0.15, -0.1) is 10.2 Å². The molecule has 4 nitrogen and oxygen atoms in total. The highest BCUT2D eigenvalue weighted by atomic mass is 16.4. The predicted octanol–water partition coefficient (Wildman–Crippen LogP) is 3.97. The van der Waals surface area contributed by atoms with Gasteiger partial charge in [0.05, 0.1) is 6.54 Å². The van der Waals surface area contributed by atoms with Gasteiger partial charge in [-0.25, -0.2) is 0 Å². The number of hydrogen-bond donors (Lipinski definition) is 1. The Labute approximate surface area is 123 Å². The summed E-state index contributed by atoms with van der Waals surface area (Å²) in [4.78, 5) is 0. The molecule has 3 rings (SSSR count). The summed E-state index contributed by atoms with van der Waals surface area (Å²) in [6.45, 7) is 4.62.